The topological polar surface area (TPSA) is 91.7 Å². The molecule has 2 unspecified atom stereocenters. The summed E-state index contributed by atoms with van der Waals surface area (Å²) in [6, 6.07) is 14.8. The molecule has 2 aromatic carbocycles. The molecule has 174 valence electrons. The van der Waals surface area contributed by atoms with Gasteiger partial charge in [0.2, 0.25) is 0 Å². The van der Waals surface area contributed by atoms with Gasteiger partial charge in [-0.25, -0.2) is 4.99 Å². The highest BCUT2D eigenvalue weighted by molar-refractivity contribution is 5.79. The number of guanidine groups is 1. The Morgan fingerprint density at radius 1 is 1.24 bits per heavy atom. The van der Waals surface area contributed by atoms with Crippen LogP contribution in [0.4, 0.5) is 13.2 Å². The summed E-state index contributed by atoms with van der Waals surface area (Å²) in [4.78, 5) is 18.5. The number of carbonyl (C=O) groups is 1. The zero-order valence-corrected chi connectivity index (χ0v) is 18.6. The Morgan fingerprint density at radius 3 is 2.36 bits per heavy atom. The molecule has 0 amide bonds. The Kier molecular flexibility index (Phi) is 6.41. The van der Waals surface area contributed by atoms with E-state index < -0.39 is 29.0 Å². The molecular formula is C24H25F3N4O2. The van der Waals surface area contributed by atoms with Gasteiger partial charge in [0.1, 0.15) is 17.6 Å². The number of nitrogens with zero attached hydrogens (tertiary/aromatic N) is 3. The average molecular weight is 458 g/mol. The van der Waals surface area contributed by atoms with Gasteiger partial charge in [-0.3, -0.25) is 0 Å². The molecule has 0 aliphatic heterocycles. The van der Waals surface area contributed by atoms with Crippen LogP contribution in [0, 0.1) is 11.3 Å². The average Bonchev–Trinajstić information content (AvgIpc) is 3.55. The monoisotopic (exact) mass is 458 g/mol. The molecule has 33 heavy (non-hydrogen) atoms. The number of benzene rings is 2. The fourth-order valence-electron chi connectivity index (χ4n) is 3.79. The molecule has 0 heterocycles. The molecule has 6 nitrogen and oxygen atoms in total. The maximum Gasteiger partial charge on any atom is 0.573 e. The highest BCUT2D eigenvalue weighted by Gasteiger charge is 2.45. The Morgan fingerprint density at radius 2 is 1.88 bits per heavy atom. The molecule has 2 aromatic rings. The number of halogens is 3. The Balaban J connectivity index is 2.09. The first-order chi connectivity index (χ1) is 15.4. The maximum atomic E-state index is 12.8. The molecule has 9 heteroatoms. The summed E-state index contributed by atoms with van der Waals surface area (Å²) >= 11 is 0. The summed E-state index contributed by atoms with van der Waals surface area (Å²) in [7, 11) is 3.34. The molecule has 1 aliphatic carbocycles. The van der Waals surface area contributed by atoms with Crippen LogP contribution in [0.25, 0.3) is 0 Å². The standard InChI is InChI=1S/C24H25F3N4O2/c1-22(30-21(29)31(2)3,18-5-4-6-19(13-18)33-24(25,26)27)20(14-32)16-7-9-17(10-8-16)23(15-28)11-12-23/h4-10,13-14,20H,11-12H2,1-3H3,(H2,29,30). The van der Waals surface area contributed by atoms with E-state index in [4.69, 9.17) is 5.73 Å². The van der Waals surface area contributed by atoms with E-state index in [0.717, 1.165) is 18.4 Å². The first-order valence-corrected chi connectivity index (χ1v) is 10.3. The molecule has 1 saturated carbocycles. The van der Waals surface area contributed by atoms with Crippen LogP contribution in [0.15, 0.2) is 53.5 Å². The van der Waals surface area contributed by atoms with Crippen LogP contribution in [0.1, 0.15) is 42.4 Å². The molecule has 0 saturated heterocycles. The number of carbonyl (C=O) groups excluding carboxylic acids is 1. The predicted octanol–water partition coefficient (Wildman–Crippen LogP) is 4.21. The number of rotatable bonds is 7. The number of ether oxygens (including phenoxy) is 1. The molecule has 3 rings (SSSR count). The number of alkyl halides is 3. The summed E-state index contributed by atoms with van der Waals surface area (Å²) in [6.45, 7) is 1.64. The molecule has 2 atom stereocenters. The number of aliphatic imine (C=N–C) groups is 1. The minimum absolute atomic E-state index is 0.101. The minimum Gasteiger partial charge on any atom is -0.406 e. The second-order valence-corrected chi connectivity index (χ2v) is 8.52. The van der Waals surface area contributed by atoms with Gasteiger partial charge in [-0.1, -0.05) is 36.4 Å². The van der Waals surface area contributed by atoms with Crippen LogP contribution in [-0.4, -0.2) is 37.6 Å². The molecule has 0 bridgehead atoms. The quantitative estimate of drug-likeness (QED) is 0.381. The van der Waals surface area contributed by atoms with Gasteiger partial charge in [-0.2, -0.15) is 5.26 Å². The van der Waals surface area contributed by atoms with Crippen LogP contribution in [-0.2, 0) is 15.7 Å². The molecule has 0 spiro atoms. The van der Waals surface area contributed by atoms with Crippen LogP contribution in [0.5, 0.6) is 5.75 Å². The Hall–Kier alpha value is -3.54. The molecule has 0 radical (unpaired) electrons. The number of nitriles is 1. The second kappa shape index (κ2) is 8.77. The maximum absolute atomic E-state index is 12.8. The lowest BCUT2D eigenvalue weighted by Crippen LogP contribution is -2.38. The van der Waals surface area contributed by atoms with E-state index in [-0.39, 0.29) is 5.96 Å². The van der Waals surface area contributed by atoms with Crippen molar-refractivity contribution in [2.45, 2.75) is 43.0 Å². The largest absolute Gasteiger partial charge is 0.573 e. The van der Waals surface area contributed by atoms with E-state index in [2.05, 4.69) is 15.8 Å². The van der Waals surface area contributed by atoms with E-state index in [9.17, 15) is 23.2 Å². The van der Waals surface area contributed by atoms with E-state index in [1.54, 1.807) is 44.1 Å². The van der Waals surface area contributed by atoms with E-state index >= 15 is 0 Å². The van der Waals surface area contributed by atoms with Crippen LogP contribution >= 0.6 is 0 Å². The van der Waals surface area contributed by atoms with Crippen molar-refractivity contribution in [3.8, 4) is 11.8 Å². The zero-order chi connectivity index (χ0) is 24.4. The molecule has 1 aliphatic rings. The normalized spacial score (nSPS) is 17.9. The summed E-state index contributed by atoms with van der Waals surface area (Å²) < 4.78 is 42.4. The third-order valence-electron chi connectivity index (χ3n) is 5.99. The molecule has 1 fully saturated rings. The lowest BCUT2D eigenvalue weighted by Gasteiger charge is -2.33. The van der Waals surface area contributed by atoms with Gasteiger partial charge in [0, 0.05) is 14.1 Å². The van der Waals surface area contributed by atoms with E-state index in [1.807, 2.05) is 12.1 Å². The Labute approximate surface area is 190 Å². The first kappa shape index (κ1) is 24.1. The van der Waals surface area contributed by atoms with Crippen LogP contribution in [0.2, 0.25) is 0 Å². The lowest BCUT2D eigenvalue weighted by atomic mass is 9.76. The van der Waals surface area contributed by atoms with Gasteiger partial charge in [0.25, 0.3) is 0 Å². The van der Waals surface area contributed by atoms with Gasteiger partial charge in [0.05, 0.1) is 17.4 Å². The van der Waals surface area contributed by atoms with E-state index in [1.165, 1.54) is 18.2 Å². The van der Waals surface area contributed by atoms with Gasteiger partial charge in [0.15, 0.2) is 5.96 Å². The van der Waals surface area contributed by atoms with Crippen molar-refractivity contribution in [3.05, 3.63) is 65.2 Å². The fourth-order valence-corrected chi connectivity index (χ4v) is 3.79. The van der Waals surface area contributed by atoms with Crippen molar-refractivity contribution in [1.29, 1.82) is 5.26 Å². The van der Waals surface area contributed by atoms with Crippen molar-refractivity contribution < 1.29 is 22.7 Å². The van der Waals surface area contributed by atoms with E-state index in [0.29, 0.717) is 17.4 Å². The highest BCUT2D eigenvalue weighted by Crippen LogP contribution is 2.48. The lowest BCUT2D eigenvalue weighted by molar-refractivity contribution is -0.274. The van der Waals surface area contributed by atoms with Gasteiger partial charge in [-0.05, 0) is 48.6 Å². The zero-order valence-electron chi connectivity index (χ0n) is 18.6. The predicted molar refractivity (Wildman–Crippen MR) is 118 cm³/mol. The van der Waals surface area contributed by atoms with Gasteiger partial charge >= 0.3 is 6.36 Å². The van der Waals surface area contributed by atoms with Crippen molar-refractivity contribution in [2.24, 2.45) is 10.7 Å². The summed E-state index contributed by atoms with van der Waals surface area (Å²) in [6.07, 6.45) is -2.59. The van der Waals surface area contributed by atoms with Gasteiger partial charge < -0.3 is 20.2 Å². The summed E-state index contributed by atoms with van der Waals surface area (Å²) in [5.41, 5.74) is 6.05. The first-order valence-electron chi connectivity index (χ1n) is 10.3. The molecule has 2 N–H and O–H groups in total. The summed E-state index contributed by atoms with van der Waals surface area (Å²) in [5, 5.41) is 9.44. The van der Waals surface area contributed by atoms with Crippen molar-refractivity contribution in [3.63, 3.8) is 0 Å². The SMILES string of the molecule is CN(C)C(N)=NC(C)(c1cccc(OC(F)(F)F)c1)C(C=O)c1ccc(C2(C#N)CC2)cc1. The van der Waals surface area contributed by atoms with Crippen molar-refractivity contribution in [1.82, 2.24) is 4.90 Å². The van der Waals surface area contributed by atoms with Gasteiger partial charge in [-0.15, -0.1) is 13.2 Å². The summed E-state index contributed by atoms with van der Waals surface area (Å²) in [5.74, 6) is -1.19. The minimum atomic E-state index is -4.86. The Bertz CT molecular complexity index is 1090. The highest BCUT2D eigenvalue weighted by atomic mass is 19.4. The third kappa shape index (κ3) is 5.11. The van der Waals surface area contributed by atoms with Crippen molar-refractivity contribution >= 4 is 12.2 Å². The van der Waals surface area contributed by atoms with Crippen LogP contribution < -0.4 is 10.5 Å². The molecular weight excluding hydrogens is 433 g/mol. The number of hydrogen-bond acceptors (Lipinski definition) is 4. The third-order valence-corrected chi connectivity index (χ3v) is 5.99. The number of nitrogens with two attached hydrogens (primary N) is 1. The molecule has 0 aromatic heterocycles. The fraction of sp³-hybridized carbons (Fsp3) is 0.375. The van der Waals surface area contributed by atoms with Crippen molar-refractivity contribution in [2.75, 3.05) is 14.1 Å². The number of hydrogen-bond donors (Lipinski definition) is 1. The second-order valence-electron chi connectivity index (χ2n) is 8.52. The number of aldehydes is 1. The van der Waals surface area contributed by atoms with Crippen LogP contribution in [0.3, 0.4) is 0 Å². The smallest absolute Gasteiger partial charge is 0.406 e.